The molecule has 1 aromatic rings. The summed E-state index contributed by atoms with van der Waals surface area (Å²) in [4.78, 5) is 18.6. The van der Waals surface area contributed by atoms with Crippen molar-refractivity contribution in [1.29, 1.82) is 0 Å². The molecule has 2 rings (SSSR count). The fourth-order valence-corrected chi connectivity index (χ4v) is 3.14. The molecule has 1 aliphatic rings. The molecule has 17 heavy (non-hydrogen) atoms. The van der Waals surface area contributed by atoms with Gasteiger partial charge in [0.2, 0.25) is 5.91 Å². The summed E-state index contributed by atoms with van der Waals surface area (Å²) >= 11 is 1.67. The van der Waals surface area contributed by atoms with Crippen LogP contribution in [0.5, 0.6) is 0 Å². The van der Waals surface area contributed by atoms with Crippen LogP contribution in [-0.4, -0.2) is 22.3 Å². The maximum Gasteiger partial charge on any atom is 0.223 e. The minimum Gasteiger partial charge on any atom is -0.333 e. The van der Waals surface area contributed by atoms with E-state index in [2.05, 4.69) is 16.8 Å². The minimum absolute atomic E-state index is 0.244. The lowest BCUT2D eigenvalue weighted by atomic mass is 10.0. The fraction of sp³-hybridized carbons (Fsp3) is 0.692. The van der Waals surface area contributed by atoms with Crippen molar-refractivity contribution in [3.63, 3.8) is 0 Å². The number of rotatable bonds is 4. The number of hydrogen-bond acceptors (Lipinski definition) is 3. The van der Waals surface area contributed by atoms with Crippen LogP contribution in [0.15, 0.2) is 11.6 Å². The molecule has 0 aromatic carbocycles. The van der Waals surface area contributed by atoms with Crippen molar-refractivity contribution < 1.29 is 4.79 Å². The average molecular weight is 252 g/mol. The number of carbonyl (C=O) groups is 1. The van der Waals surface area contributed by atoms with Crippen molar-refractivity contribution in [3.05, 3.63) is 16.6 Å². The maximum atomic E-state index is 12.2. The van der Waals surface area contributed by atoms with Crippen LogP contribution >= 0.6 is 11.3 Å². The van der Waals surface area contributed by atoms with E-state index in [0.717, 1.165) is 37.2 Å². The number of thiazole rings is 1. The second kappa shape index (κ2) is 6.15. The molecule has 1 aliphatic heterocycles. The van der Waals surface area contributed by atoms with Gasteiger partial charge in [0.1, 0.15) is 5.01 Å². The van der Waals surface area contributed by atoms with E-state index in [1.165, 1.54) is 6.42 Å². The molecule has 4 heteroatoms. The third kappa shape index (κ3) is 3.06. The molecule has 94 valence electrons. The summed E-state index contributed by atoms with van der Waals surface area (Å²) in [5.74, 6) is 0.312. The van der Waals surface area contributed by atoms with Gasteiger partial charge in [0, 0.05) is 24.5 Å². The molecule has 0 N–H and O–H groups in total. The maximum absolute atomic E-state index is 12.2. The van der Waals surface area contributed by atoms with Crippen LogP contribution in [0.4, 0.5) is 0 Å². The Kier molecular flexibility index (Phi) is 4.54. The first-order valence-corrected chi connectivity index (χ1v) is 7.39. The molecule has 1 amide bonds. The van der Waals surface area contributed by atoms with E-state index < -0.39 is 0 Å². The topological polar surface area (TPSA) is 33.2 Å². The van der Waals surface area contributed by atoms with Gasteiger partial charge in [0.25, 0.3) is 0 Å². The summed E-state index contributed by atoms with van der Waals surface area (Å²) in [5, 5.41) is 3.10. The van der Waals surface area contributed by atoms with E-state index in [1.54, 1.807) is 11.3 Å². The van der Waals surface area contributed by atoms with E-state index >= 15 is 0 Å². The van der Waals surface area contributed by atoms with Crippen molar-refractivity contribution >= 4 is 17.2 Å². The number of amides is 1. The highest BCUT2D eigenvalue weighted by Crippen LogP contribution is 2.32. The lowest BCUT2D eigenvalue weighted by Crippen LogP contribution is -2.38. The molecule has 0 unspecified atom stereocenters. The molecule has 1 fully saturated rings. The quantitative estimate of drug-likeness (QED) is 0.823. The summed E-state index contributed by atoms with van der Waals surface area (Å²) in [6, 6.07) is 0.244. The third-order valence-electron chi connectivity index (χ3n) is 3.30. The Morgan fingerprint density at radius 2 is 2.47 bits per heavy atom. The number of nitrogens with zero attached hydrogens (tertiary/aromatic N) is 2. The number of hydrogen-bond donors (Lipinski definition) is 0. The largest absolute Gasteiger partial charge is 0.333 e. The SMILES string of the molecule is CCCCC(=O)N1CCCC[C@H]1c1nccs1. The van der Waals surface area contributed by atoms with Gasteiger partial charge in [-0.1, -0.05) is 13.3 Å². The van der Waals surface area contributed by atoms with Crippen LogP contribution in [0.1, 0.15) is 56.5 Å². The molecule has 1 atom stereocenters. The van der Waals surface area contributed by atoms with Crippen LogP contribution in [0, 0.1) is 0 Å². The molecule has 0 spiro atoms. The molecular weight excluding hydrogens is 232 g/mol. The van der Waals surface area contributed by atoms with Gasteiger partial charge in [-0.15, -0.1) is 11.3 Å². The zero-order chi connectivity index (χ0) is 12.1. The van der Waals surface area contributed by atoms with E-state index in [-0.39, 0.29) is 6.04 Å². The molecule has 3 nitrogen and oxygen atoms in total. The Hall–Kier alpha value is -0.900. The Morgan fingerprint density at radius 3 is 3.18 bits per heavy atom. The van der Waals surface area contributed by atoms with E-state index in [4.69, 9.17) is 0 Å². The molecular formula is C13H20N2OS. The van der Waals surface area contributed by atoms with Crippen LogP contribution < -0.4 is 0 Å². The molecule has 0 bridgehead atoms. The summed E-state index contributed by atoms with van der Waals surface area (Å²) in [5.41, 5.74) is 0. The fourth-order valence-electron chi connectivity index (χ4n) is 2.36. The third-order valence-corrected chi connectivity index (χ3v) is 4.18. The van der Waals surface area contributed by atoms with Crippen LogP contribution in [0.25, 0.3) is 0 Å². The van der Waals surface area contributed by atoms with Gasteiger partial charge in [0.15, 0.2) is 0 Å². The monoisotopic (exact) mass is 252 g/mol. The van der Waals surface area contributed by atoms with Crippen LogP contribution in [0.3, 0.4) is 0 Å². The van der Waals surface area contributed by atoms with Crippen LogP contribution in [-0.2, 0) is 4.79 Å². The molecule has 2 heterocycles. The van der Waals surface area contributed by atoms with Gasteiger partial charge in [-0.05, 0) is 25.7 Å². The average Bonchev–Trinajstić information content (AvgIpc) is 2.89. The van der Waals surface area contributed by atoms with E-state index in [9.17, 15) is 4.79 Å². The Bertz CT molecular complexity index is 350. The lowest BCUT2D eigenvalue weighted by Gasteiger charge is -2.34. The Labute approximate surface area is 107 Å². The predicted molar refractivity (Wildman–Crippen MR) is 69.9 cm³/mol. The molecule has 1 aromatic heterocycles. The number of unbranched alkanes of at least 4 members (excludes halogenated alkanes) is 1. The molecule has 0 aliphatic carbocycles. The number of carbonyl (C=O) groups excluding carboxylic acids is 1. The van der Waals surface area contributed by atoms with Crippen molar-refractivity contribution in [3.8, 4) is 0 Å². The Balaban J connectivity index is 2.04. The first-order chi connectivity index (χ1) is 8.33. The van der Waals surface area contributed by atoms with Crippen molar-refractivity contribution in [2.24, 2.45) is 0 Å². The van der Waals surface area contributed by atoms with E-state index in [1.807, 2.05) is 11.6 Å². The number of aromatic nitrogens is 1. The highest BCUT2D eigenvalue weighted by atomic mass is 32.1. The zero-order valence-electron chi connectivity index (χ0n) is 10.4. The molecule has 1 saturated heterocycles. The standard InChI is InChI=1S/C13H20N2OS/c1-2-3-7-12(16)15-9-5-4-6-11(15)13-14-8-10-17-13/h8,10-11H,2-7,9H2,1H3/t11-/m0/s1. The predicted octanol–water partition coefficient (Wildman–Crippen LogP) is 3.39. The van der Waals surface area contributed by atoms with Gasteiger partial charge in [-0.2, -0.15) is 0 Å². The Morgan fingerprint density at radius 1 is 1.59 bits per heavy atom. The lowest BCUT2D eigenvalue weighted by molar-refractivity contribution is -0.135. The van der Waals surface area contributed by atoms with Gasteiger partial charge in [-0.3, -0.25) is 4.79 Å². The summed E-state index contributed by atoms with van der Waals surface area (Å²) in [6.07, 6.45) is 8.04. The van der Waals surface area contributed by atoms with Crippen LogP contribution in [0.2, 0.25) is 0 Å². The smallest absolute Gasteiger partial charge is 0.223 e. The normalized spacial score (nSPS) is 20.5. The van der Waals surface area contributed by atoms with Gasteiger partial charge in [-0.25, -0.2) is 4.98 Å². The zero-order valence-corrected chi connectivity index (χ0v) is 11.2. The number of piperidine rings is 1. The van der Waals surface area contributed by atoms with Crippen molar-refractivity contribution in [2.45, 2.75) is 51.5 Å². The van der Waals surface area contributed by atoms with Gasteiger partial charge >= 0.3 is 0 Å². The van der Waals surface area contributed by atoms with Crippen molar-refractivity contribution in [1.82, 2.24) is 9.88 Å². The summed E-state index contributed by atoms with van der Waals surface area (Å²) < 4.78 is 0. The number of likely N-dealkylation sites (tertiary alicyclic amines) is 1. The summed E-state index contributed by atoms with van der Waals surface area (Å²) in [6.45, 7) is 3.04. The second-order valence-electron chi connectivity index (χ2n) is 4.57. The first-order valence-electron chi connectivity index (χ1n) is 6.51. The van der Waals surface area contributed by atoms with Crippen molar-refractivity contribution in [2.75, 3.05) is 6.54 Å². The molecule has 0 saturated carbocycles. The minimum atomic E-state index is 0.244. The van der Waals surface area contributed by atoms with Gasteiger partial charge in [0.05, 0.1) is 6.04 Å². The summed E-state index contributed by atoms with van der Waals surface area (Å²) in [7, 11) is 0. The van der Waals surface area contributed by atoms with Gasteiger partial charge < -0.3 is 4.90 Å². The highest BCUT2D eigenvalue weighted by Gasteiger charge is 2.28. The highest BCUT2D eigenvalue weighted by molar-refractivity contribution is 7.09. The van der Waals surface area contributed by atoms with E-state index in [0.29, 0.717) is 12.3 Å². The molecule has 0 radical (unpaired) electrons. The second-order valence-corrected chi connectivity index (χ2v) is 5.50. The first kappa shape index (κ1) is 12.6.